The molecule has 0 fully saturated rings. The van der Waals surface area contributed by atoms with Gasteiger partial charge in [0.1, 0.15) is 0 Å². The molecule has 0 saturated heterocycles. The van der Waals surface area contributed by atoms with Crippen LogP contribution in [-0.2, 0) is 0 Å². The Hall–Kier alpha value is -7.43. The van der Waals surface area contributed by atoms with Crippen LogP contribution in [0.4, 0.5) is 0 Å². The molecule has 0 aliphatic heterocycles. The zero-order chi connectivity index (χ0) is 36.3. The first-order valence-corrected chi connectivity index (χ1v) is 18.6. The van der Waals surface area contributed by atoms with Crippen molar-refractivity contribution in [2.75, 3.05) is 0 Å². The first-order chi connectivity index (χ1) is 27.2. The molecule has 0 unspecified atom stereocenters. The fourth-order valence-corrected chi connectivity index (χ4v) is 8.16. The van der Waals surface area contributed by atoms with Crippen LogP contribution in [0.2, 0.25) is 0 Å². The fraction of sp³-hybridized carbons (Fsp3) is 0. The van der Waals surface area contributed by atoms with Gasteiger partial charge in [0.2, 0.25) is 0 Å². The fourth-order valence-electron chi connectivity index (χ4n) is 8.16. The Bertz CT molecular complexity index is 3200. The molecular formula is C51H32N4. The van der Waals surface area contributed by atoms with Gasteiger partial charge in [0.25, 0.3) is 0 Å². The molecule has 11 aromatic rings. The van der Waals surface area contributed by atoms with Crippen LogP contribution in [-0.4, -0.2) is 19.5 Å². The molecule has 0 N–H and O–H groups in total. The van der Waals surface area contributed by atoms with Crippen LogP contribution in [0.25, 0.3) is 105 Å². The molecule has 11 rings (SSSR count). The third-order valence-electron chi connectivity index (χ3n) is 10.8. The lowest BCUT2D eigenvalue weighted by Gasteiger charge is -2.12. The predicted octanol–water partition coefficient (Wildman–Crippen LogP) is 13.1. The number of aromatic nitrogens is 4. The first kappa shape index (κ1) is 31.1. The van der Waals surface area contributed by atoms with E-state index in [4.69, 9.17) is 15.0 Å². The van der Waals surface area contributed by atoms with E-state index in [2.05, 4.69) is 138 Å². The van der Waals surface area contributed by atoms with E-state index in [0.29, 0.717) is 17.5 Å². The van der Waals surface area contributed by atoms with Crippen LogP contribution < -0.4 is 0 Å². The SMILES string of the molecule is c1ccc(-c2nc(-c3ccccc3)nc(-c3cccc(-c4ccc5c(ccc6c5c5ccccc5n6-c5ccc6ccc7ccccc7c6c5)c4)c3)n2)cc1. The summed E-state index contributed by atoms with van der Waals surface area (Å²) >= 11 is 0. The molecule has 2 aromatic heterocycles. The molecule has 0 radical (unpaired) electrons. The Morgan fingerprint density at radius 1 is 0.291 bits per heavy atom. The van der Waals surface area contributed by atoms with E-state index in [1.54, 1.807) is 0 Å². The summed E-state index contributed by atoms with van der Waals surface area (Å²) in [7, 11) is 0. The summed E-state index contributed by atoms with van der Waals surface area (Å²) in [6, 6.07) is 68.8. The van der Waals surface area contributed by atoms with Crippen LogP contribution in [0, 0.1) is 0 Å². The number of benzene rings is 9. The Kier molecular flexibility index (Phi) is 7.14. The summed E-state index contributed by atoms with van der Waals surface area (Å²) in [4.78, 5) is 14.8. The lowest BCUT2D eigenvalue weighted by molar-refractivity contribution is 1.07. The van der Waals surface area contributed by atoms with Gasteiger partial charge in [0.15, 0.2) is 17.5 Å². The maximum atomic E-state index is 4.98. The third kappa shape index (κ3) is 5.26. The Morgan fingerprint density at radius 2 is 0.855 bits per heavy atom. The molecule has 0 spiro atoms. The van der Waals surface area contributed by atoms with Crippen LogP contribution in [0.5, 0.6) is 0 Å². The van der Waals surface area contributed by atoms with Crippen LogP contribution in [0.1, 0.15) is 0 Å². The minimum Gasteiger partial charge on any atom is -0.309 e. The molecule has 256 valence electrons. The standard InChI is InChI=1S/C51H32N4/c1-3-13-35(14-4-1)49-52-50(36-15-5-2-6-16-36)54-51(53-49)40-18-11-17-37(31-40)38-25-28-43-39(30-38)26-29-47-48(43)44-20-9-10-21-46(44)55(47)41-27-24-34-23-22-33-12-7-8-19-42(33)45(34)32-41/h1-32H. The molecule has 2 heterocycles. The number of hydrogen-bond donors (Lipinski definition) is 0. The molecule has 0 amide bonds. The van der Waals surface area contributed by atoms with Gasteiger partial charge < -0.3 is 4.57 Å². The van der Waals surface area contributed by atoms with Crippen LogP contribution >= 0.6 is 0 Å². The van der Waals surface area contributed by atoms with Gasteiger partial charge in [-0.15, -0.1) is 0 Å². The summed E-state index contributed by atoms with van der Waals surface area (Å²) in [5.41, 5.74) is 8.65. The highest BCUT2D eigenvalue weighted by Crippen LogP contribution is 2.39. The van der Waals surface area contributed by atoms with Gasteiger partial charge in [-0.1, -0.05) is 158 Å². The predicted molar refractivity (Wildman–Crippen MR) is 228 cm³/mol. The molecule has 0 bridgehead atoms. The van der Waals surface area contributed by atoms with E-state index in [9.17, 15) is 0 Å². The number of para-hydroxylation sites is 1. The molecule has 4 heteroatoms. The van der Waals surface area contributed by atoms with Gasteiger partial charge in [-0.25, -0.2) is 15.0 Å². The molecule has 9 aromatic carbocycles. The van der Waals surface area contributed by atoms with Gasteiger partial charge in [0.05, 0.1) is 11.0 Å². The maximum Gasteiger partial charge on any atom is 0.164 e. The second-order valence-corrected chi connectivity index (χ2v) is 14.1. The molecule has 0 aliphatic rings. The highest BCUT2D eigenvalue weighted by atomic mass is 15.0. The molecule has 0 aliphatic carbocycles. The van der Waals surface area contributed by atoms with Crippen molar-refractivity contribution < 1.29 is 0 Å². The monoisotopic (exact) mass is 700 g/mol. The van der Waals surface area contributed by atoms with E-state index < -0.39 is 0 Å². The Labute approximate surface area is 317 Å². The molecule has 55 heavy (non-hydrogen) atoms. The quantitative estimate of drug-likeness (QED) is 0.168. The largest absolute Gasteiger partial charge is 0.309 e. The van der Waals surface area contributed by atoms with Crippen molar-refractivity contribution >= 4 is 54.1 Å². The van der Waals surface area contributed by atoms with Crippen molar-refractivity contribution in [3.8, 4) is 51.0 Å². The maximum absolute atomic E-state index is 4.98. The van der Waals surface area contributed by atoms with Crippen molar-refractivity contribution in [1.29, 1.82) is 0 Å². The number of fused-ring (bicyclic) bond motifs is 8. The minimum atomic E-state index is 0.645. The van der Waals surface area contributed by atoms with Gasteiger partial charge in [-0.2, -0.15) is 0 Å². The van der Waals surface area contributed by atoms with Crippen LogP contribution in [0.15, 0.2) is 194 Å². The highest BCUT2D eigenvalue weighted by molar-refractivity contribution is 6.22. The molecule has 0 saturated carbocycles. The summed E-state index contributed by atoms with van der Waals surface area (Å²) in [6.07, 6.45) is 0. The molecular weight excluding hydrogens is 669 g/mol. The van der Waals surface area contributed by atoms with E-state index >= 15 is 0 Å². The average molecular weight is 701 g/mol. The van der Waals surface area contributed by atoms with Gasteiger partial charge in [-0.3, -0.25) is 0 Å². The van der Waals surface area contributed by atoms with Crippen LogP contribution in [0.3, 0.4) is 0 Å². The van der Waals surface area contributed by atoms with E-state index in [1.807, 2.05) is 60.7 Å². The molecule has 4 nitrogen and oxygen atoms in total. The number of rotatable bonds is 5. The van der Waals surface area contributed by atoms with Crippen molar-refractivity contribution in [1.82, 2.24) is 19.5 Å². The van der Waals surface area contributed by atoms with E-state index in [0.717, 1.165) is 33.5 Å². The first-order valence-electron chi connectivity index (χ1n) is 18.6. The smallest absolute Gasteiger partial charge is 0.164 e. The zero-order valence-corrected chi connectivity index (χ0v) is 29.8. The lowest BCUT2D eigenvalue weighted by atomic mass is 9.97. The highest BCUT2D eigenvalue weighted by Gasteiger charge is 2.17. The number of hydrogen-bond acceptors (Lipinski definition) is 3. The Morgan fingerprint density at radius 3 is 1.62 bits per heavy atom. The minimum absolute atomic E-state index is 0.645. The van der Waals surface area contributed by atoms with Crippen molar-refractivity contribution in [2.24, 2.45) is 0 Å². The second kappa shape index (κ2) is 12.6. The summed E-state index contributed by atoms with van der Waals surface area (Å²) in [5.74, 6) is 1.95. The van der Waals surface area contributed by atoms with E-state index in [1.165, 1.54) is 54.1 Å². The van der Waals surface area contributed by atoms with Gasteiger partial charge in [0, 0.05) is 33.2 Å². The number of nitrogens with zero attached hydrogens (tertiary/aromatic N) is 4. The van der Waals surface area contributed by atoms with Gasteiger partial charge in [-0.05, 0) is 79.8 Å². The topological polar surface area (TPSA) is 43.6 Å². The normalized spacial score (nSPS) is 11.6. The van der Waals surface area contributed by atoms with Crippen molar-refractivity contribution in [3.05, 3.63) is 194 Å². The summed E-state index contributed by atoms with van der Waals surface area (Å²) in [6.45, 7) is 0. The van der Waals surface area contributed by atoms with Gasteiger partial charge >= 0.3 is 0 Å². The van der Waals surface area contributed by atoms with E-state index in [-0.39, 0.29) is 0 Å². The second-order valence-electron chi connectivity index (χ2n) is 14.1. The zero-order valence-electron chi connectivity index (χ0n) is 29.8. The third-order valence-corrected chi connectivity index (χ3v) is 10.8. The van der Waals surface area contributed by atoms with Crippen molar-refractivity contribution in [2.45, 2.75) is 0 Å². The average Bonchev–Trinajstić information content (AvgIpc) is 3.61. The summed E-state index contributed by atoms with van der Waals surface area (Å²) in [5, 5.41) is 9.97. The van der Waals surface area contributed by atoms with Crippen molar-refractivity contribution in [3.63, 3.8) is 0 Å². The summed E-state index contributed by atoms with van der Waals surface area (Å²) < 4.78 is 2.42. The lowest BCUT2D eigenvalue weighted by Crippen LogP contribution is -2.00. The molecule has 0 atom stereocenters. The Balaban J connectivity index is 1.04.